The summed E-state index contributed by atoms with van der Waals surface area (Å²) in [6, 6.07) is 11.6. The van der Waals surface area contributed by atoms with E-state index in [1.807, 2.05) is 51.1 Å². The molecule has 2 aromatic rings. The lowest BCUT2D eigenvalue weighted by Gasteiger charge is -2.32. The van der Waals surface area contributed by atoms with E-state index in [0.29, 0.717) is 30.5 Å². The van der Waals surface area contributed by atoms with Crippen molar-refractivity contribution >= 4 is 17.5 Å². The molecule has 0 bridgehead atoms. The first-order chi connectivity index (χ1) is 13.7. The van der Waals surface area contributed by atoms with Gasteiger partial charge in [0.1, 0.15) is 0 Å². The number of aromatic nitrogens is 1. The Bertz CT molecular complexity index is 757. The van der Waals surface area contributed by atoms with Crippen molar-refractivity contribution in [2.45, 2.75) is 40.0 Å². The van der Waals surface area contributed by atoms with Gasteiger partial charge in [-0.15, -0.1) is 4.91 Å². The lowest BCUT2D eigenvalue weighted by molar-refractivity contribution is -0.144. The average molecular weight is 383 g/mol. The van der Waals surface area contributed by atoms with Crippen LogP contribution in [0.2, 0.25) is 0 Å². The van der Waals surface area contributed by atoms with Gasteiger partial charge in [-0.2, -0.15) is 0 Å². The molecule has 0 atom stereocenters. The van der Waals surface area contributed by atoms with E-state index in [0.717, 1.165) is 37.1 Å². The topological polar surface area (TPSA) is 71.9 Å². The third-order valence-electron chi connectivity index (χ3n) is 4.73. The number of ether oxygens (including phenoxy) is 1. The van der Waals surface area contributed by atoms with Gasteiger partial charge >= 0.3 is 5.97 Å². The lowest BCUT2D eigenvalue weighted by Crippen LogP contribution is -2.35. The zero-order chi connectivity index (χ0) is 20.4. The minimum Gasteiger partial charge on any atom is -0.466 e. The molecule has 150 valence electrons. The van der Waals surface area contributed by atoms with Crippen molar-refractivity contribution in [1.29, 1.82) is 0 Å². The predicted octanol–water partition coefficient (Wildman–Crippen LogP) is 5.34. The highest BCUT2D eigenvalue weighted by Crippen LogP contribution is 2.33. The summed E-state index contributed by atoms with van der Waals surface area (Å²) in [4.78, 5) is 29.6. The van der Waals surface area contributed by atoms with E-state index < -0.39 is 0 Å². The number of esters is 1. The molecule has 1 aromatic heterocycles. The number of piperidine rings is 1. The van der Waals surface area contributed by atoms with Crippen LogP contribution in [0.5, 0.6) is 0 Å². The van der Waals surface area contributed by atoms with E-state index in [4.69, 9.17) is 4.74 Å². The molecule has 0 spiro atoms. The van der Waals surface area contributed by atoms with Crippen molar-refractivity contribution in [2.75, 3.05) is 24.6 Å². The smallest absolute Gasteiger partial charge is 0.306 e. The van der Waals surface area contributed by atoms with Gasteiger partial charge < -0.3 is 9.64 Å². The summed E-state index contributed by atoms with van der Waals surface area (Å²) in [5.41, 5.74) is 2.24. The SMILES string of the molecule is CC.CCOC(=O)CC1CCN(c2ncc(-c3ccccc3)cc2N=O)CC1. The Morgan fingerprint density at radius 1 is 1.18 bits per heavy atom. The number of hydrogen-bond donors (Lipinski definition) is 0. The molecule has 1 aromatic carbocycles. The summed E-state index contributed by atoms with van der Waals surface area (Å²) in [6.07, 6.45) is 3.99. The van der Waals surface area contributed by atoms with Crippen LogP contribution in [0.25, 0.3) is 11.1 Å². The number of anilines is 1. The number of nitroso groups, excluding NO2 is 1. The highest BCUT2D eigenvalue weighted by Gasteiger charge is 2.24. The van der Waals surface area contributed by atoms with Crippen LogP contribution in [-0.4, -0.2) is 30.6 Å². The van der Waals surface area contributed by atoms with E-state index >= 15 is 0 Å². The Labute approximate surface area is 166 Å². The zero-order valence-corrected chi connectivity index (χ0v) is 16.9. The Balaban J connectivity index is 0.00000136. The van der Waals surface area contributed by atoms with E-state index in [9.17, 15) is 9.70 Å². The van der Waals surface area contributed by atoms with Gasteiger partial charge in [0.25, 0.3) is 0 Å². The zero-order valence-electron chi connectivity index (χ0n) is 16.9. The summed E-state index contributed by atoms with van der Waals surface area (Å²) in [5.74, 6) is 0.808. The molecule has 0 unspecified atom stereocenters. The van der Waals surface area contributed by atoms with Crippen molar-refractivity contribution in [1.82, 2.24) is 4.98 Å². The van der Waals surface area contributed by atoms with Crippen molar-refractivity contribution in [3.05, 3.63) is 47.5 Å². The van der Waals surface area contributed by atoms with Crippen LogP contribution in [0.15, 0.2) is 47.8 Å². The van der Waals surface area contributed by atoms with Crippen molar-refractivity contribution in [3.8, 4) is 11.1 Å². The number of carbonyl (C=O) groups is 1. The third kappa shape index (κ3) is 5.62. The van der Waals surface area contributed by atoms with E-state index in [1.54, 1.807) is 12.3 Å². The number of rotatable bonds is 6. The fraction of sp³-hybridized carbons (Fsp3) is 0.455. The molecule has 6 heteroatoms. The molecule has 1 saturated heterocycles. The molecule has 0 saturated carbocycles. The molecule has 1 aliphatic rings. The quantitative estimate of drug-likeness (QED) is 0.497. The van der Waals surface area contributed by atoms with Crippen molar-refractivity contribution < 1.29 is 9.53 Å². The maximum atomic E-state index is 11.6. The number of hydrogen-bond acceptors (Lipinski definition) is 6. The van der Waals surface area contributed by atoms with Crippen LogP contribution in [0.1, 0.15) is 40.0 Å². The predicted molar refractivity (Wildman–Crippen MR) is 113 cm³/mol. The van der Waals surface area contributed by atoms with Crippen LogP contribution < -0.4 is 4.90 Å². The van der Waals surface area contributed by atoms with Crippen LogP contribution >= 0.6 is 0 Å². The first-order valence-electron chi connectivity index (χ1n) is 10.0. The molecule has 6 nitrogen and oxygen atoms in total. The Morgan fingerprint density at radius 3 is 2.46 bits per heavy atom. The van der Waals surface area contributed by atoms with Gasteiger partial charge in [-0.3, -0.25) is 4.79 Å². The molecule has 0 N–H and O–H groups in total. The van der Waals surface area contributed by atoms with Gasteiger partial charge in [0, 0.05) is 31.3 Å². The Morgan fingerprint density at radius 2 is 1.86 bits per heavy atom. The molecule has 3 rings (SSSR count). The van der Waals surface area contributed by atoms with Gasteiger partial charge in [-0.1, -0.05) is 44.2 Å². The lowest BCUT2D eigenvalue weighted by atomic mass is 9.93. The fourth-order valence-electron chi connectivity index (χ4n) is 3.35. The number of carbonyl (C=O) groups excluding carboxylic acids is 1. The van der Waals surface area contributed by atoms with E-state index in [-0.39, 0.29) is 5.97 Å². The fourth-order valence-corrected chi connectivity index (χ4v) is 3.35. The molecule has 2 heterocycles. The van der Waals surface area contributed by atoms with Crippen molar-refractivity contribution in [3.63, 3.8) is 0 Å². The van der Waals surface area contributed by atoms with Gasteiger partial charge in [0.05, 0.1) is 6.61 Å². The highest BCUT2D eigenvalue weighted by molar-refractivity contribution is 5.73. The molecular weight excluding hydrogens is 354 g/mol. The van der Waals surface area contributed by atoms with Gasteiger partial charge in [-0.05, 0) is 42.5 Å². The van der Waals surface area contributed by atoms with Crippen LogP contribution in [0.4, 0.5) is 11.5 Å². The summed E-state index contributed by atoms with van der Waals surface area (Å²) in [5, 5.41) is 3.20. The first kappa shape index (κ1) is 21.5. The maximum Gasteiger partial charge on any atom is 0.306 e. The van der Waals surface area contributed by atoms with Crippen LogP contribution in [-0.2, 0) is 9.53 Å². The molecule has 0 aliphatic carbocycles. The largest absolute Gasteiger partial charge is 0.466 e. The minimum atomic E-state index is -0.133. The summed E-state index contributed by atoms with van der Waals surface area (Å²) in [7, 11) is 0. The Kier molecular flexibility index (Phi) is 8.59. The standard InChI is InChI=1S/C20H23N3O3.C2H6/c1-2-26-19(24)12-15-8-10-23(11-9-15)20-18(22-25)13-17(14-21-20)16-6-4-3-5-7-16;1-2/h3-7,13-15H,2,8-12H2,1H3;1-2H3. The first-order valence-corrected chi connectivity index (χ1v) is 10.0. The Hall–Kier alpha value is -2.76. The summed E-state index contributed by atoms with van der Waals surface area (Å²) in [6.45, 7) is 7.75. The summed E-state index contributed by atoms with van der Waals surface area (Å²) < 4.78 is 5.03. The average Bonchev–Trinajstić information content (AvgIpc) is 2.76. The van der Waals surface area contributed by atoms with Gasteiger partial charge in [-0.25, -0.2) is 4.98 Å². The second kappa shape index (κ2) is 11.2. The van der Waals surface area contributed by atoms with Gasteiger partial charge in [0.2, 0.25) is 0 Å². The molecule has 1 fully saturated rings. The molecule has 0 amide bonds. The molecular formula is C22H29N3O3. The van der Waals surface area contributed by atoms with Gasteiger partial charge in [0.15, 0.2) is 11.5 Å². The molecule has 28 heavy (non-hydrogen) atoms. The third-order valence-corrected chi connectivity index (χ3v) is 4.73. The van der Waals surface area contributed by atoms with E-state index in [2.05, 4.69) is 15.1 Å². The number of nitrogens with zero attached hydrogens (tertiary/aromatic N) is 3. The van der Waals surface area contributed by atoms with Crippen LogP contribution in [0, 0.1) is 10.8 Å². The normalized spacial score (nSPS) is 14.0. The van der Waals surface area contributed by atoms with E-state index in [1.165, 1.54) is 0 Å². The second-order valence-corrected chi connectivity index (χ2v) is 6.46. The van der Waals surface area contributed by atoms with Crippen molar-refractivity contribution in [2.24, 2.45) is 11.1 Å². The minimum absolute atomic E-state index is 0.133. The molecule has 0 radical (unpaired) electrons. The maximum absolute atomic E-state index is 11.6. The second-order valence-electron chi connectivity index (χ2n) is 6.46. The number of pyridine rings is 1. The summed E-state index contributed by atoms with van der Waals surface area (Å²) >= 11 is 0. The number of benzene rings is 1. The van der Waals surface area contributed by atoms with Crippen LogP contribution in [0.3, 0.4) is 0 Å². The molecule has 1 aliphatic heterocycles. The highest BCUT2D eigenvalue weighted by atomic mass is 16.5. The monoisotopic (exact) mass is 383 g/mol.